The van der Waals surface area contributed by atoms with Crippen LogP contribution in [0.2, 0.25) is 0 Å². The molecule has 2 amide bonds. The van der Waals surface area contributed by atoms with Crippen molar-refractivity contribution in [3.05, 3.63) is 41.0 Å². The van der Waals surface area contributed by atoms with Crippen LogP contribution >= 0.6 is 11.3 Å². The van der Waals surface area contributed by atoms with Gasteiger partial charge in [0.15, 0.2) is 0 Å². The first-order valence-corrected chi connectivity index (χ1v) is 12.0. The average Bonchev–Trinajstić information content (AvgIpc) is 3.41. The number of thiazole rings is 1. The standard InChI is InChI=1S/C24H32N4O5S/c1-14-20(34-13-27-14)16-7-5-15(6-8-16)10-26-22(31)18-9-17(33-12-19(29)30)11-28(18)23(32)21(25)24(2,3)4/h5-8,13,17-18,21H,9-12,25H2,1-4H3,(H,26,31)(H,29,30)/t17-,18+,21-/m1/s1. The Kier molecular flexibility index (Phi) is 8.06. The second-order valence-corrected chi connectivity index (χ2v) is 10.4. The zero-order valence-electron chi connectivity index (χ0n) is 19.9. The molecule has 0 spiro atoms. The third-order valence-electron chi connectivity index (χ3n) is 5.92. The normalized spacial score (nSPS) is 19.1. The Balaban J connectivity index is 1.67. The molecule has 1 fully saturated rings. The third-order valence-corrected chi connectivity index (χ3v) is 6.90. The number of carboxylic acid groups (broad SMARTS) is 1. The number of aliphatic carboxylic acids is 1. The van der Waals surface area contributed by atoms with Crippen molar-refractivity contribution in [1.82, 2.24) is 15.2 Å². The van der Waals surface area contributed by atoms with Crippen molar-refractivity contribution < 1.29 is 24.2 Å². The van der Waals surface area contributed by atoms with Crippen LogP contribution in [0.4, 0.5) is 0 Å². The van der Waals surface area contributed by atoms with Gasteiger partial charge in [-0.2, -0.15) is 0 Å². The monoisotopic (exact) mass is 488 g/mol. The van der Waals surface area contributed by atoms with Gasteiger partial charge >= 0.3 is 5.97 Å². The lowest BCUT2D eigenvalue weighted by Gasteiger charge is -2.32. The zero-order chi connectivity index (χ0) is 25.0. The first-order chi connectivity index (χ1) is 16.0. The second-order valence-electron chi connectivity index (χ2n) is 9.59. The Morgan fingerprint density at radius 2 is 1.97 bits per heavy atom. The molecule has 10 heteroatoms. The molecule has 4 N–H and O–H groups in total. The van der Waals surface area contributed by atoms with Crippen LogP contribution in [-0.2, 0) is 25.7 Å². The SMILES string of the molecule is Cc1ncsc1-c1ccc(CNC(=O)[C@@H]2C[C@@H](OCC(=O)O)CN2C(=O)[C@@H](N)C(C)(C)C)cc1. The number of rotatable bonds is 8. The number of carboxylic acids is 1. The molecular formula is C24H32N4O5S. The van der Waals surface area contributed by atoms with Gasteiger partial charge in [-0.15, -0.1) is 11.3 Å². The highest BCUT2D eigenvalue weighted by Crippen LogP contribution is 2.28. The molecule has 0 unspecified atom stereocenters. The summed E-state index contributed by atoms with van der Waals surface area (Å²) in [7, 11) is 0. The molecule has 34 heavy (non-hydrogen) atoms. The van der Waals surface area contributed by atoms with Gasteiger partial charge in [-0.05, 0) is 23.5 Å². The molecule has 2 heterocycles. The maximum absolute atomic E-state index is 13.1. The van der Waals surface area contributed by atoms with Gasteiger partial charge in [0.1, 0.15) is 12.6 Å². The third kappa shape index (κ3) is 6.19. The van der Waals surface area contributed by atoms with E-state index in [1.54, 1.807) is 11.3 Å². The number of aryl methyl sites for hydroxylation is 1. The van der Waals surface area contributed by atoms with Gasteiger partial charge in [0.25, 0.3) is 0 Å². The Morgan fingerprint density at radius 1 is 1.29 bits per heavy atom. The summed E-state index contributed by atoms with van der Waals surface area (Å²) in [4.78, 5) is 43.9. The fraction of sp³-hybridized carbons (Fsp3) is 0.500. The summed E-state index contributed by atoms with van der Waals surface area (Å²) in [6, 6.07) is 6.29. The molecular weight excluding hydrogens is 456 g/mol. The van der Waals surface area contributed by atoms with Gasteiger partial charge in [0.05, 0.1) is 28.2 Å². The van der Waals surface area contributed by atoms with Crippen molar-refractivity contribution >= 4 is 29.1 Å². The number of nitrogens with two attached hydrogens (primary N) is 1. The van der Waals surface area contributed by atoms with Crippen LogP contribution in [0.1, 0.15) is 38.4 Å². The fourth-order valence-electron chi connectivity index (χ4n) is 3.81. The summed E-state index contributed by atoms with van der Waals surface area (Å²) in [6.45, 7) is 7.47. The highest BCUT2D eigenvalue weighted by atomic mass is 32.1. The first-order valence-electron chi connectivity index (χ1n) is 11.1. The topological polar surface area (TPSA) is 135 Å². The van der Waals surface area contributed by atoms with Gasteiger partial charge in [0, 0.05) is 19.5 Å². The van der Waals surface area contributed by atoms with Gasteiger partial charge in [-0.1, -0.05) is 45.0 Å². The molecule has 1 aliphatic rings. The maximum Gasteiger partial charge on any atom is 0.329 e. The van der Waals surface area contributed by atoms with Crippen LogP contribution in [0.3, 0.4) is 0 Å². The number of amides is 2. The molecule has 3 atom stereocenters. The van der Waals surface area contributed by atoms with E-state index in [1.807, 2.05) is 57.5 Å². The van der Waals surface area contributed by atoms with Crippen molar-refractivity contribution in [3.63, 3.8) is 0 Å². The number of likely N-dealkylation sites (tertiary alicyclic amines) is 1. The number of hydrogen-bond donors (Lipinski definition) is 3. The molecule has 0 radical (unpaired) electrons. The van der Waals surface area contributed by atoms with Crippen LogP contribution < -0.4 is 11.1 Å². The fourth-order valence-corrected chi connectivity index (χ4v) is 4.62. The number of hydrogen-bond acceptors (Lipinski definition) is 7. The minimum atomic E-state index is -1.10. The van der Waals surface area contributed by atoms with Crippen molar-refractivity contribution in [3.8, 4) is 10.4 Å². The minimum absolute atomic E-state index is 0.122. The largest absolute Gasteiger partial charge is 0.480 e. The Bertz CT molecular complexity index is 1030. The van der Waals surface area contributed by atoms with E-state index in [1.165, 1.54) is 4.90 Å². The predicted molar refractivity (Wildman–Crippen MR) is 129 cm³/mol. The molecule has 184 valence electrons. The van der Waals surface area contributed by atoms with Crippen molar-refractivity contribution in [2.75, 3.05) is 13.2 Å². The molecule has 0 saturated carbocycles. The van der Waals surface area contributed by atoms with Crippen molar-refractivity contribution in [1.29, 1.82) is 0 Å². The van der Waals surface area contributed by atoms with E-state index in [-0.39, 0.29) is 24.8 Å². The first kappa shape index (κ1) is 25.8. The smallest absolute Gasteiger partial charge is 0.329 e. The molecule has 3 rings (SSSR count). The number of aromatic nitrogens is 1. The van der Waals surface area contributed by atoms with Crippen molar-refractivity contribution in [2.45, 2.75) is 58.8 Å². The van der Waals surface area contributed by atoms with E-state index in [0.717, 1.165) is 21.7 Å². The number of nitrogens with zero attached hydrogens (tertiary/aromatic N) is 2. The lowest BCUT2D eigenvalue weighted by molar-refractivity contribution is -0.144. The number of benzene rings is 1. The lowest BCUT2D eigenvalue weighted by Crippen LogP contribution is -2.54. The van der Waals surface area contributed by atoms with E-state index in [9.17, 15) is 14.4 Å². The predicted octanol–water partition coefficient (Wildman–Crippen LogP) is 2.18. The van der Waals surface area contributed by atoms with Crippen LogP contribution in [0.25, 0.3) is 10.4 Å². The summed E-state index contributed by atoms with van der Waals surface area (Å²) >= 11 is 1.58. The molecule has 1 saturated heterocycles. The lowest BCUT2D eigenvalue weighted by atomic mass is 9.86. The highest BCUT2D eigenvalue weighted by molar-refractivity contribution is 7.13. The second kappa shape index (κ2) is 10.6. The number of nitrogens with one attached hydrogen (secondary N) is 1. The quantitative estimate of drug-likeness (QED) is 0.518. The summed E-state index contributed by atoms with van der Waals surface area (Å²) in [5.41, 5.74) is 10.5. The van der Waals surface area contributed by atoms with E-state index in [2.05, 4.69) is 10.3 Å². The molecule has 0 aliphatic carbocycles. The number of carbonyl (C=O) groups excluding carboxylic acids is 2. The van der Waals surface area contributed by atoms with Gasteiger partial charge in [-0.25, -0.2) is 9.78 Å². The number of ether oxygens (including phenoxy) is 1. The van der Waals surface area contributed by atoms with Gasteiger partial charge in [0.2, 0.25) is 11.8 Å². The van der Waals surface area contributed by atoms with E-state index >= 15 is 0 Å². The molecule has 1 aromatic heterocycles. The summed E-state index contributed by atoms with van der Waals surface area (Å²) in [6.07, 6.45) is -0.337. The van der Waals surface area contributed by atoms with Gasteiger partial charge < -0.3 is 25.8 Å². The van der Waals surface area contributed by atoms with Crippen LogP contribution in [0, 0.1) is 12.3 Å². The zero-order valence-corrected chi connectivity index (χ0v) is 20.7. The Morgan fingerprint density at radius 3 is 2.53 bits per heavy atom. The maximum atomic E-state index is 13.1. The Hall–Kier alpha value is -2.82. The van der Waals surface area contributed by atoms with Crippen LogP contribution in [0.5, 0.6) is 0 Å². The highest BCUT2D eigenvalue weighted by Gasteiger charge is 2.43. The van der Waals surface area contributed by atoms with Gasteiger partial charge in [-0.3, -0.25) is 9.59 Å². The van der Waals surface area contributed by atoms with Crippen molar-refractivity contribution in [2.24, 2.45) is 11.1 Å². The summed E-state index contributed by atoms with van der Waals surface area (Å²) < 4.78 is 5.39. The Labute approximate surface area is 203 Å². The van der Waals surface area contributed by atoms with E-state index < -0.39 is 36.2 Å². The molecule has 0 bridgehead atoms. The molecule has 9 nitrogen and oxygen atoms in total. The minimum Gasteiger partial charge on any atom is -0.480 e. The van der Waals surface area contributed by atoms with E-state index in [4.69, 9.17) is 15.6 Å². The average molecular weight is 489 g/mol. The molecule has 1 aromatic carbocycles. The number of carbonyl (C=O) groups is 3. The molecule has 1 aliphatic heterocycles. The van der Waals surface area contributed by atoms with E-state index in [0.29, 0.717) is 6.54 Å². The summed E-state index contributed by atoms with van der Waals surface area (Å²) in [5, 5.41) is 11.8. The van der Waals surface area contributed by atoms with Crippen LogP contribution in [0.15, 0.2) is 29.8 Å². The summed E-state index contributed by atoms with van der Waals surface area (Å²) in [5.74, 6) is -1.77. The molecule has 2 aromatic rings. The van der Waals surface area contributed by atoms with Crippen LogP contribution in [-0.4, -0.2) is 64.1 Å².